The second-order valence-corrected chi connectivity index (χ2v) is 8.61. The van der Waals surface area contributed by atoms with Crippen molar-refractivity contribution in [3.63, 3.8) is 0 Å². The van der Waals surface area contributed by atoms with Crippen molar-refractivity contribution in [3.05, 3.63) is 95.1 Å². The number of alkyl carbamates (subject to hydrolysis) is 1. The summed E-state index contributed by atoms with van der Waals surface area (Å²) in [5.41, 5.74) is 5.86. The molecule has 0 saturated carbocycles. The summed E-state index contributed by atoms with van der Waals surface area (Å²) < 4.78 is 5.56. The van der Waals surface area contributed by atoms with Gasteiger partial charge >= 0.3 is 12.1 Å². The van der Waals surface area contributed by atoms with Gasteiger partial charge in [0.25, 0.3) is 5.91 Å². The number of carbonyl (C=O) groups excluding carboxylic acids is 2. The van der Waals surface area contributed by atoms with E-state index in [0.29, 0.717) is 18.5 Å². The lowest BCUT2D eigenvalue weighted by Crippen LogP contribution is -2.32. The number of carbonyl (C=O) groups is 3. The van der Waals surface area contributed by atoms with Gasteiger partial charge in [-0.05, 0) is 40.3 Å². The lowest BCUT2D eigenvalue weighted by molar-refractivity contribution is -0.140. The van der Waals surface area contributed by atoms with E-state index in [9.17, 15) is 14.4 Å². The number of fused-ring (bicyclic) bond motifs is 3. The van der Waals surface area contributed by atoms with Gasteiger partial charge in [0.2, 0.25) is 0 Å². The van der Waals surface area contributed by atoms with Crippen molar-refractivity contribution in [2.24, 2.45) is 5.92 Å². The highest BCUT2D eigenvalue weighted by atomic mass is 16.5. The molecule has 3 N–H and O–H groups in total. The fourth-order valence-corrected chi connectivity index (χ4v) is 4.34. The number of nitrogens with one attached hydrogen (secondary N) is 2. The summed E-state index contributed by atoms with van der Waals surface area (Å²) in [5, 5.41) is 14.4. The molecule has 180 valence electrons. The van der Waals surface area contributed by atoms with Crippen LogP contribution >= 0.6 is 0 Å². The number of amides is 2. The van der Waals surface area contributed by atoms with E-state index in [0.717, 1.165) is 16.7 Å². The molecule has 1 aliphatic carbocycles. The van der Waals surface area contributed by atoms with Crippen molar-refractivity contribution < 1.29 is 24.2 Å². The maximum absolute atomic E-state index is 12.5. The van der Waals surface area contributed by atoms with Gasteiger partial charge < -0.3 is 20.5 Å². The SMILES string of the molecule is CC(CNC(=O)c1ccccc1CCNC(=O)OCC1c2ccccc2-c2ccccc21)C(=O)O. The summed E-state index contributed by atoms with van der Waals surface area (Å²) >= 11 is 0. The van der Waals surface area contributed by atoms with E-state index in [1.165, 1.54) is 18.1 Å². The molecule has 0 saturated heterocycles. The molecule has 4 rings (SSSR count). The molecular weight excluding hydrogens is 444 g/mol. The maximum Gasteiger partial charge on any atom is 0.407 e. The number of carboxylic acid groups (broad SMARTS) is 1. The molecule has 3 aromatic carbocycles. The monoisotopic (exact) mass is 472 g/mol. The van der Waals surface area contributed by atoms with E-state index in [1.54, 1.807) is 12.1 Å². The molecule has 0 bridgehead atoms. The van der Waals surface area contributed by atoms with Gasteiger partial charge in [-0.25, -0.2) is 4.79 Å². The Labute approximate surface area is 204 Å². The fourth-order valence-electron chi connectivity index (χ4n) is 4.34. The van der Waals surface area contributed by atoms with Crippen LogP contribution in [0.1, 0.15) is 39.9 Å². The molecule has 2 amide bonds. The van der Waals surface area contributed by atoms with E-state index in [-0.39, 0.29) is 25.0 Å². The second kappa shape index (κ2) is 10.9. The first kappa shape index (κ1) is 24.0. The number of carboxylic acids is 1. The van der Waals surface area contributed by atoms with Gasteiger partial charge in [-0.15, -0.1) is 0 Å². The van der Waals surface area contributed by atoms with Gasteiger partial charge in [0.1, 0.15) is 6.61 Å². The van der Waals surface area contributed by atoms with Crippen molar-refractivity contribution in [1.82, 2.24) is 10.6 Å². The Morgan fingerprint density at radius 2 is 1.49 bits per heavy atom. The van der Waals surface area contributed by atoms with Crippen LogP contribution in [0.5, 0.6) is 0 Å². The summed E-state index contributed by atoms with van der Waals surface area (Å²) in [6.07, 6.45) is -0.0773. The van der Waals surface area contributed by atoms with Gasteiger partial charge in [-0.1, -0.05) is 73.7 Å². The Hall–Kier alpha value is -4.13. The van der Waals surface area contributed by atoms with E-state index in [1.807, 2.05) is 36.4 Å². The zero-order valence-corrected chi connectivity index (χ0v) is 19.5. The minimum Gasteiger partial charge on any atom is -0.481 e. The smallest absolute Gasteiger partial charge is 0.407 e. The standard InChI is InChI=1S/C28H28N2O5/c1-18(27(32)33)16-30-26(31)20-9-3-2-8-19(20)14-15-29-28(34)35-17-25-23-12-6-4-10-21(23)22-11-5-7-13-24(22)25/h2-13,18,25H,14-17H2,1H3,(H,29,34)(H,30,31)(H,32,33). The molecule has 3 aromatic rings. The Bertz CT molecular complexity index is 1190. The number of aliphatic carboxylic acids is 1. The van der Waals surface area contributed by atoms with Crippen LogP contribution in [-0.2, 0) is 16.0 Å². The highest BCUT2D eigenvalue weighted by Gasteiger charge is 2.29. The van der Waals surface area contributed by atoms with Gasteiger partial charge in [0.05, 0.1) is 5.92 Å². The van der Waals surface area contributed by atoms with E-state index >= 15 is 0 Å². The zero-order chi connectivity index (χ0) is 24.8. The summed E-state index contributed by atoms with van der Waals surface area (Å²) in [4.78, 5) is 35.9. The van der Waals surface area contributed by atoms with Crippen LogP contribution in [0.2, 0.25) is 0 Å². The molecule has 7 nitrogen and oxygen atoms in total. The summed E-state index contributed by atoms with van der Waals surface area (Å²) in [6, 6.07) is 23.4. The summed E-state index contributed by atoms with van der Waals surface area (Å²) in [5.74, 6) is -1.99. The van der Waals surface area contributed by atoms with Crippen molar-refractivity contribution in [2.45, 2.75) is 19.3 Å². The molecule has 0 aromatic heterocycles. The van der Waals surface area contributed by atoms with Gasteiger partial charge in [0, 0.05) is 24.6 Å². The van der Waals surface area contributed by atoms with Crippen LogP contribution < -0.4 is 10.6 Å². The van der Waals surface area contributed by atoms with Gasteiger partial charge in [0.15, 0.2) is 0 Å². The lowest BCUT2D eigenvalue weighted by atomic mass is 9.98. The Balaban J connectivity index is 1.30. The zero-order valence-electron chi connectivity index (χ0n) is 19.5. The second-order valence-electron chi connectivity index (χ2n) is 8.61. The normalized spacial score (nSPS) is 12.8. The topological polar surface area (TPSA) is 105 Å². The predicted octanol–water partition coefficient (Wildman–Crippen LogP) is 4.22. The molecule has 0 radical (unpaired) electrons. The number of benzene rings is 3. The molecule has 1 aliphatic rings. The van der Waals surface area contributed by atoms with E-state index in [4.69, 9.17) is 9.84 Å². The average Bonchev–Trinajstić information content (AvgIpc) is 3.19. The number of rotatable bonds is 9. The van der Waals surface area contributed by atoms with Crippen molar-refractivity contribution in [3.8, 4) is 11.1 Å². The van der Waals surface area contributed by atoms with Gasteiger partial charge in [-0.3, -0.25) is 9.59 Å². The molecule has 1 unspecified atom stereocenters. The van der Waals surface area contributed by atoms with Gasteiger partial charge in [-0.2, -0.15) is 0 Å². The van der Waals surface area contributed by atoms with E-state index in [2.05, 4.69) is 34.9 Å². The third kappa shape index (κ3) is 5.51. The maximum atomic E-state index is 12.5. The summed E-state index contributed by atoms with van der Waals surface area (Å²) in [6.45, 7) is 2.11. The molecular formula is C28H28N2O5. The predicted molar refractivity (Wildman–Crippen MR) is 132 cm³/mol. The minimum absolute atomic E-state index is 0.00855. The number of hydrogen-bond acceptors (Lipinski definition) is 4. The molecule has 7 heteroatoms. The first-order valence-electron chi connectivity index (χ1n) is 11.6. The van der Waals surface area contributed by atoms with Crippen LogP contribution in [0.4, 0.5) is 4.79 Å². The molecule has 0 aliphatic heterocycles. The highest BCUT2D eigenvalue weighted by molar-refractivity contribution is 5.95. The first-order valence-corrected chi connectivity index (χ1v) is 11.6. The van der Waals surface area contributed by atoms with E-state index < -0.39 is 18.0 Å². The summed E-state index contributed by atoms with van der Waals surface area (Å²) in [7, 11) is 0. The highest BCUT2D eigenvalue weighted by Crippen LogP contribution is 2.44. The number of ether oxygens (including phenoxy) is 1. The average molecular weight is 473 g/mol. The minimum atomic E-state index is -0.967. The van der Waals surface area contributed by atoms with Crippen molar-refractivity contribution >= 4 is 18.0 Å². The third-order valence-corrected chi connectivity index (χ3v) is 6.26. The molecule has 1 atom stereocenters. The molecule has 35 heavy (non-hydrogen) atoms. The lowest BCUT2D eigenvalue weighted by Gasteiger charge is -2.15. The molecule has 0 heterocycles. The van der Waals surface area contributed by atoms with Crippen LogP contribution in [0.3, 0.4) is 0 Å². The Kier molecular flexibility index (Phi) is 7.45. The molecule has 0 fully saturated rings. The Morgan fingerprint density at radius 1 is 0.886 bits per heavy atom. The molecule has 0 spiro atoms. The number of hydrogen-bond donors (Lipinski definition) is 3. The first-order chi connectivity index (χ1) is 17.0. The van der Waals surface area contributed by atoms with Crippen LogP contribution in [0, 0.1) is 5.92 Å². The van der Waals surface area contributed by atoms with Crippen molar-refractivity contribution in [2.75, 3.05) is 19.7 Å². The van der Waals surface area contributed by atoms with Crippen LogP contribution in [-0.4, -0.2) is 42.8 Å². The van der Waals surface area contributed by atoms with Crippen LogP contribution in [0.15, 0.2) is 72.8 Å². The Morgan fingerprint density at radius 3 is 2.14 bits per heavy atom. The van der Waals surface area contributed by atoms with Crippen molar-refractivity contribution in [1.29, 1.82) is 0 Å². The van der Waals surface area contributed by atoms with Crippen LogP contribution in [0.25, 0.3) is 11.1 Å². The quantitative estimate of drug-likeness (QED) is 0.433. The fraction of sp³-hybridized carbons (Fsp3) is 0.250. The third-order valence-electron chi connectivity index (χ3n) is 6.26. The largest absolute Gasteiger partial charge is 0.481 e.